The second-order valence-corrected chi connectivity index (χ2v) is 5.72. The average molecular weight is 338 g/mol. The second-order valence-electron chi connectivity index (χ2n) is 5.72. The van der Waals surface area contributed by atoms with E-state index in [0.29, 0.717) is 23.6 Å². The van der Waals surface area contributed by atoms with Crippen LogP contribution in [0.25, 0.3) is 11.1 Å². The van der Waals surface area contributed by atoms with Crippen molar-refractivity contribution in [2.45, 2.75) is 26.3 Å². The van der Waals surface area contributed by atoms with E-state index in [2.05, 4.69) is 32.0 Å². The Labute approximate surface area is 146 Å². The maximum absolute atomic E-state index is 12.5. The van der Waals surface area contributed by atoms with Crippen molar-refractivity contribution in [3.05, 3.63) is 54.2 Å². The Hall–Kier alpha value is -3.09. The summed E-state index contributed by atoms with van der Waals surface area (Å²) in [4.78, 5) is 16.8. The molecule has 25 heavy (non-hydrogen) atoms. The lowest BCUT2D eigenvalue weighted by Gasteiger charge is -2.08. The largest absolute Gasteiger partial charge is 0.382 e. The van der Waals surface area contributed by atoms with Crippen molar-refractivity contribution >= 4 is 11.7 Å². The number of nitrogens with zero attached hydrogens (tertiary/aromatic N) is 3. The van der Waals surface area contributed by atoms with Crippen LogP contribution in [0, 0.1) is 0 Å². The van der Waals surface area contributed by atoms with E-state index < -0.39 is 0 Å². The fourth-order valence-corrected chi connectivity index (χ4v) is 2.82. The summed E-state index contributed by atoms with van der Waals surface area (Å²) in [6.07, 6.45) is 5.48. The third-order valence-corrected chi connectivity index (χ3v) is 4.06. The molecule has 4 N–H and O–H groups in total. The van der Waals surface area contributed by atoms with Crippen molar-refractivity contribution in [1.82, 2.24) is 25.1 Å². The van der Waals surface area contributed by atoms with Crippen molar-refractivity contribution in [2.24, 2.45) is 0 Å². The molecule has 0 fully saturated rings. The summed E-state index contributed by atoms with van der Waals surface area (Å²) in [5.74, 6) is 1.17. The molecule has 0 aliphatic rings. The normalized spacial score (nSPS) is 10.8. The molecule has 0 saturated carbocycles. The van der Waals surface area contributed by atoms with Gasteiger partial charge in [0, 0.05) is 31.9 Å². The number of aromatic amines is 1. The van der Waals surface area contributed by atoms with Crippen molar-refractivity contribution in [3.8, 4) is 11.1 Å². The van der Waals surface area contributed by atoms with Gasteiger partial charge in [-0.05, 0) is 12.0 Å². The highest BCUT2D eigenvalue weighted by Crippen LogP contribution is 2.27. The number of H-pyrrole nitrogens is 1. The highest BCUT2D eigenvalue weighted by atomic mass is 16.1. The van der Waals surface area contributed by atoms with Crippen LogP contribution in [0.3, 0.4) is 0 Å². The smallest absolute Gasteiger partial charge is 0.270 e. The van der Waals surface area contributed by atoms with E-state index in [0.717, 1.165) is 30.8 Å². The van der Waals surface area contributed by atoms with E-state index in [1.807, 2.05) is 36.5 Å². The molecule has 0 bridgehead atoms. The number of nitrogens with two attached hydrogens (primary N) is 1. The van der Waals surface area contributed by atoms with Gasteiger partial charge in [-0.2, -0.15) is 5.10 Å². The Morgan fingerprint density at radius 3 is 2.88 bits per heavy atom. The molecule has 3 rings (SSSR count). The van der Waals surface area contributed by atoms with Gasteiger partial charge in [-0.1, -0.05) is 37.3 Å². The Morgan fingerprint density at radius 1 is 1.32 bits per heavy atom. The summed E-state index contributed by atoms with van der Waals surface area (Å²) in [5.41, 5.74) is 7.82. The predicted octanol–water partition coefficient (Wildman–Crippen LogP) is 2.24. The number of imidazole rings is 1. The van der Waals surface area contributed by atoms with Crippen LogP contribution in [-0.2, 0) is 13.0 Å². The van der Waals surface area contributed by atoms with Crippen LogP contribution in [0.4, 0.5) is 5.82 Å². The van der Waals surface area contributed by atoms with Gasteiger partial charge in [-0.15, -0.1) is 0 Å². The van der Waals surface area contributed by atoms with Crippen LogP contribution < -0.4 is 11.1 Å². The summed E-state index contributed by atoms with van der Waals surface area (Å²) in [7, 11) is 0. The fourth-order valence-electron chi connectivity index (χ4n) is 2.82. The van der Waals surface area contributed by atoms with Crippen LogP contribution in [0.2, 0.25) is 0 Å². The SMILES string of the molecule is CCc1nccn1CCCNC(=O)c1[nH]nc(N)c1-c1ccccc1. The molecule has 0 aliphatic carbocycles. The highest BCUT2D eigenvalue weighted by Gasteiger charge is 2.18. The third kappa shape index (κ3) is 3.71. The molecule has 7 nitrogen and oxygen atoms in total. The van der Waals surface area contributed by atoms with Gasteiger partial charge < -0.3 is 15.6 Å². The molecule has 2 heterocycles. The zero-order chi connectivity index (χ0) is 17.6. The molecule has 130 valence electrons. The van der Waals surface area contributed by atoms with Crippen molar-refractivity contribution < 1.29 is 4.79 Å². The molecule has 0 unspecified atom stereocenters. The molecule has 0 aliphatic heterocycles. The number of hydrogen-bond acceptors (Lipinski definition) is 4. The van der Waals surface area contributed by atoms with E-state index in [1.165, 1.54) is 0 Å². The Bertz CT molecular complexity index is 836. The quantitative estimate of drug-likeness (QED) is 0.575. The summed E-state index contributed by atoms with van der Waals surface area (Å²) >= 11 is 0. The van der Waals surface area contributed by atoms with Crippen LogP contribution in [-0.4, -0.2) is 32.2 Å². The van der Waals surface area contributed by atoms with Crippen molar-refractivity contribution in [2.75, 3.05) is 12.3 Å². The number of nitrogen functional groups attached to an aromatic ring is 1. The summed E-state index contributed by atoms with van der Waals surface area (Å²) < 4.78 is 2.11. The first-order valence-electron chi connectivity index (χ1n) is 8.38. The lowest BCUT2D eigenvalue weighted by atomic mass is 10.1. The number of aromatic nitrogens is 4. The van der Waals surface area contributed by atoms with E-state index in [-0.39, 0.29) is 5.91 Å². The van der Waals surface area contributed by atoms with Gasteiger partial charge >= 0.3 is 0 Å². The maximum Gasteiger partial charge on any atom is 0.270 e. The van der Waals surface area contributed by atoms with Gasteiger partial charge in [0.1, 0.15) is 11.5 Å². The average Bonchev–Trinajstić information content (AvgIpc) is 3.25. The van der Waals surface area contributed by atoms with Gasteiger partial charge in [-0.25, -0.2) is 4.98 Å². The van der Waals surface area contributed by atoms with E-state index in [1.54, 1.807) is 6.20 Å². The predicted molar refractivity (Wildman–Crippen MR) is 97.0 cm³/mol. The molecule has 7 heteroatoms. The molecule has 1 amide bonds. The lowest BCUT2D eigenvalue weighted by Crippen LogP contribution is -2.26. The standard InChI is InChI=1S/C18H22N6O/c1-2-14-20-10-12-24(14)11-6-9-21-18(25)16-15(17(19)23-22-16)13-7-4-3-5-8-13/h3-5,7-8,10,12H,2,6,9,11H2,1H3,(H,21,25)(H3,19,22,23). The zero-order valence-electron chi connectivity index (χ0n) is 14.2. The maximum atomic E-state index is 12.5. The molecular weight excluding hydrogens is 316 g/mol. The van der Waals surface area contributed by atoms with Crippen LogP contribution >= 0.6 is 0 Å². The summed E-state index contributed by atoms with van der Waals surface area (Å²) in [5, 5.41) is 9.65. The number of anilines is 1. The molecule has 3 aromatic rings. The molecule has 0 saturated heterocycles. The second kappa shape index (κ2) is 7.65. The van der Waals surface area contributed by atoms with Crippen LogP contribution in [0.5, 0.6) is 0 Å². The topological polar surface area (TPSA) is 102 Å². The number of carbonyl (C=O) groups excluding carboxylic acids is 1. The van der Waals surface area contributed by atoms with Crippen molar-refractivity contribution in [3.63, 3.8) is 0 Å². The minimum Gasteiger partial charge on any atom is -0.382 e. The Balaban J connectivity index is 1.61. The first-order chi connectivity index (χ1) is 12.2. The number of amides is 1. The first kappa shape index (κ1) is 16.8. The molecule has 2 aromatic heterocycles. The number of carbonyl (C=O) groups is 1. The number of benzene rings is 1. The molecule has 0 radical (unpaired) electrons. The van der Waals surface area contributed by atoms with E-state index >= 15 is 0 Å². The highest BCUT2D eigenvalue weighted by molar-refractivity contribution is 6.01. The zero-order valence-corrected chi connectivity index (χ0v) is 14.2. The van der Waals surface area contributed by atoms with Gasteiger partial charge in [0.05, 0.1) is 5.56 Å². The summed E-state index contributed by atoms with van der Waals surface area (Å²) in [6.45, 7) is 3.46. The van der Waals surface area contributed by atoms with Gasteiger partial charge in [-0.3, -0.25) is 9.89 Å². The third-order valence-electron chi connectivity index (χ3n) is 4.06. The number of nitrogens with one attached hydrogen (secondary N) is 2. The minimum atomic E-state index is -0.204. The Morgan fingerprint density at radius 2 is 2.12 bits per heavy atom. The first-order valence-corrected chi connectivity index (χ1v) is 8.38. The fraction of sp³-hybridized carbons (Fsp3) is 0.278. The number of hydrogen-bond donors (Lipinski definition) is 3. The van der Waals surface area contributed by atoms with Crippen molar-refractivity contribution in [1.29, 1.82) is 0 Å². The molecule has 0 spiro atoms. The molecule has 1 aromatic carbocycles. The van der Waals surface area contributed by atoms with Gasteiger partial charge in [0.15, 0.2) is 5.82 Å². The van der Waals surface area contributed by atoms with E-state index in [9.17, 15) is 4.79 Å². The number of aryl methyl sites for hydroxylation is 2. The summed E-state index contributed by atoms with van der Waals surface area (Å²) in [6, 6.07) is 9.53. The molecular formula is C18H22N6O. The monoisotopic (exact) mass is 338 g/mol. The van der Waals surface area contributed by atoms with Gasteiger partial charge in [0.25, 0.3) is 5.91 Å². The van der Waals surface area contributed by atoms with Gasteiger partial charge in [0.2, 0.25) is 0 Å². The minimum absolute atomic E-state index is 0.204. The van der Waals surface area contributed by atoms with Crippen LogP contribution in [0.15, 0.2) is 42.7 Å². The van der Waals surface area contributed by atoms with Crippen LogP contribution in [0.1, 0.15) is 29.7 Å². The number of rotatable bonds is 7. The molecule has 0 atom stereocenters. The van der Waals surface area contributed by atoms with E-state index in [4.69, 9.17) is 5.73 Å². The lowest BCUT2D eigenvalue weighted by molar-refractivity contribution is 0.0948. The Kier molecular flexibility index (Phi) is 5.13.